The van der Waals surface area contributed by atoms with E-state index in [1.807, 2.05) is 79.7 Å². The summed E-state index contributed by atoms with van der Waals surface area (Å²) in [5.41, 5.74) is 2.52. The van der Waals surface area contributed by atoms with E-state index in [4.69, 9.17) is 23.2 Å². The summed E-state index contributed by atoms with van der Waals surface area (Å²) in [7, 11) is 0. The Labute approximate surface area is 254 Å². The van der Waals surface area contributed by atoms with Crippen molar-refractivity contribution in [2.45, 2.75) is 13.0 Å². The van der Waals surface area contributed by atoms with Crippen LogP contribution >= 0.6 is 23.2 Å². The van der Waals surface area contributed by atoms with Gasteiger partial charge in [-0.15, -0.1) is 0 Å². The lowest BCUT2D eigenvalue weighted by Crippen LogP contribution is -2.27. The van der Waals surface area contributed by atoms with Crippen LogP contribution in [-0.2, 0) is 0 Å². The Balaban J connectivity index is 1.51. The molecule has 0 saturated carbocycles. The number of nitrogens with one attached hydrogen (secondary N) is 2. The molecule has 8 nitrogen and oxygen atoms in total. The number of aromatic amines is 1. The fraction of sp³-hybridized carbons (Fsp3) is 0.0606. The Hall–Kier alpha value is -5.05. The molecule has 0 aliphatic rings. The number of anilines is 1. The van der Waals surface area contributed by atoms with Gasteiger partial charge in [0.2, 0.25) is 0 Å². The molecule has 0 radical (unpaired) electrons. The molecule has 10 heteroatoms. The maximum atomic E-state index is 14.7. The first kappa shape index (κ1) is 26.8. The number of para-hydroxylation sites is 1. The molecule has 0 aliphatic heterocycles. The molecule has 0 amide bonds. The first-order valence-electron chi connectivity index (χ1n) is 13.5. The van der Waals surface area contributed by atoms with Gasteiger partial charge in [0.25, 0.3) is 5.56 Å². The molecule has 1 atom stereocenters. The van der Waals surface area contributed by atoms with E-state index in [0.717, 1.165) is 16.3 Å². The Bertz CT molecular complexity index is 2310. The van der Waals surface area contributed by atoms with Gasteiger partial charge in [0, 0.05) is 40.5 Å². The third-order valence-corrected chi connectivity index (χ3v) is 8.24. The van der Waals surface area contributed by atoms with Crippen molar-refractivity contribution in [3.05, 3.63) is 134 Å². The van der Waals surface area contributed by atoms with Gasteiger partial charge in [-0.1, -0.05) is 83.9 Å². The van der Waals surface area contributed by atoms with Crippen molar-refractivity contribution in [2.24, 2.45) is 0 Å². The summed E-state index contributed by atoms with van der Waals surface area (Å²) in [5, 5.41) is 7.10. The van der Waals surface area contributed by atoms with E-state index in [1.54, 1.807) is 10.8 Å². The molecule has 0 bridgehead atoms. The van der Waals surface area contributed by atoms with Crippen molar-refractivity contribution in [1.29, 1.82) is 0 Å². The van der Waals surface area contributed by atoms with Crippen LogP contribution in [0.2, 0.25) is 10.2 Å². The Kier molecular flexibility index (Phi) is 6.65. The number of nitrogens with zero attached hydrogens (tertiary/aromatic N) is 4. The number of hydrogen-bond acceptors (Lipinski definition) is 6. The highest BCUT2D eigenvalue weighted by atomic mass is 35.5. The van der Waals surface area contributed by atoms with Gasteiger partial charge in [0.05, 0.1) is 22.1 Å². The predicted octanol–water partition coefficient (Wildman–Crippen LogP) is 7.32. The average molecular weight is 605 g/mol. The van der Waals surface area contributed by atoms with Crippen LogP contribution in [0.3, 0.4) is 0 Å². The average Bonchev–Trinajstić information content (AvgIpc) is 3.03. The largest absolute Gasteiger partial charge is 0.361 e. The van der Waals surface area contributed by atoms with Gasteiger partial charge < -0.3 is 10.3 Å². The molecule has 2 N–H and O–H groups in total. The molecule has 4 heterocycles. The van der Waals surface area contributed by atoms with Gasteiger partial charge in [-0.25, -0.2) is 15.0 Å². The molecule has 0 saturated heterocycles. The molecular formula is C33H22Cl2N6O2. The number of aromatic nitrogens is 5. The van der Waals surface area contributed by atoms with E-state index < -0.39 is 6.04 Å². The highest BCUT2D eigenvalue weighted by Gasteiger charge is 2.25. The molecule has 0 aliphatic carbocycles. The molecule has 4 aromatic heterocycles. The third-order valence-electron chi connectivity index (χ3n) is 7.55. The molecule has 7 aromatic rings. The molecule has 43 heavy (non-hydrogen) atoms. The zero-order chi connectivity index (χ0) is 29.7. The van der Waals surface area contributed by atoms with Crippen LogP contribution in [0.4, 0.5) is 5.82 Å². The lowest BCUT2D eigenvalue weighted by atomic mass is 9.95. The van der Waals surface area contributed by atoms with Crippen molar-refractivity contribution in [2.75, 3.05) is 5.32 Å². The first-order valence-corrected chi connectivity index (χ1v) is 14.2. The van der Waals surface area contributed by atoms with E-state index in [2.05, 4.69) is 25.3 Å². The first-order chi connectivity index (χ1) is 20.9. The number of hydrogen-bond donors (Lipinski definition) is 2. The van der Waals surface area contributed by atoms with Crippen LogP contribution in [0.1, 0.15) is 18.7 Å². The summed E-state index contributed by atoms with van der Waals surface area (Å²) >= 11 is 13.7. The maximum Gasteiger partial charge on any atom is 0.263 e. The van der Waals surface area contributed by atoms with Crippen molar-refractivity contribution in [3.63, 3.8) is 0 Å². The van der Waals surface area contributed by atoms with E-state index in [0.29, 0.717) is 54.7 Å². The zero-order valence-electron chi connectivity index (χ0n) is 22.7. The summed E-state index contributed by atoms with van der Waals surface area (Å²) in [6, 6.07) is 23.5. The van der Waals surface area contributed by atoms with Crippen LogP contribution in [-0.4, -0.2) is 24.5 Å². The lowest BCUT2D eigenvalue weighted by Gasteiger charge is -2.24. The number of halogens is 2. The monoisotopic (exact) mass is 604 g/mol. The van der Waals surface area contributed by atoms with Gasteiger partial charge in [-0.2, -0.15) is 0 Å². The number of benzene rings is 3. The van der Waals surface area contributed by atoms with E-state index in [-0.39, 0.29) is 11.0 Å². The molecule has 7 rings (SSSR count). The van der Waals surface area contributed by atoms with E-state index >= 15 is 0 Å². The molecule has 0 unspecified atom stereocenters. The van der Waals surface area contributed by atoms with Gasteiger partial charge >= 0.3 is 0 Å². The molecular weight excluding hydrogens is 583 g/mol. The quantitative estimate of drug-likeness (QED) is 0.199. The normalized spacial score (nSPS) is 12.2. The fourth-order valence-corrected chi connectivity index (χ4v) is 6.25. The van der Waals surface area contributed by atoms with Crippen LogP contribution in [0.5, 0.6) is 0 Å². The van der Waals surface area contributed by atoms with Gasteiger partial charge in [0.1, 0.15) is 28.3 Å². The van der Waals surface area contributed by atoms with Crippen molar-refractivity contribution < 1.29 is 0 Å². The number of pyridine rings is 3. The van der Waals surface area contributed by atoms with Crippen molar-refractivity contribution in [1.82, 2.24) is 24.5 Å². The summed E-state index contributed by atoms with van der Waals surface area (Å²) in [5.74, 6) is 0.329. The lowest BCUT2D eigenvalue weighted by molar-refractivity contribution is 0.774. The molecule has 0 fully saturated rings. The standard InChI is InChI=1S/C33H22Cl2N6O2/c1-18(40-32-27-25(42)14-15-36-31(27)38-17-39-32)29-28(34)23-13-7-12-21(24-16-37-30(35)22-11-6-5-10-20(22)24)26(23)33(43)41(29)19-8-3-2-4-9-19/h2-18H,1H3,(H2,36,38,39,40,42)/t18-/m0/s1. The second-order valence-electron chi connectivity index (χ2n) is 10.1. The molecule has 0 spiro atoms. The number of H-pyrrole nitrogens is 1. The SMILES string of the molecule is C[C@H](Nc1ncnc2[nH]ccc(=O)c12)c1c(Cl)c2cccc(-c3cnc(Cl)c4ccccc34)c2c(=O)n1-c1ccccc1. The summed E-state index contributed by atoms with van der Waals surface area (Å²) in [6.07, 6.45) is 4.60. The number of rotatable bonds is 5. The predicted molar refractivity (Wildman–Crippen MR) is 172 cm³/mol. The molecule has 210 valence electrons. The minimum absolute atomic E-state index is 0.234. The van der Waals surface area contributed by atoms with Gasteiger partial charge in [-0.3, -0.25) is 14.2 Å². The fourth-order valence-electron chi connectivity index (χ4n) is 5.63. The topological polar surface area (TPSA) is 106 Å². The summed E-state index contributed by atoms with van der Waals surface area (Å²) < 4.78 is 1.62. The summed E-state index contributed by atoms with van der Waals surface area (Å²) in [6.45, 7) is 1.87. The zero-order valence-corrected chi connectivity index (χ0v) is 24.2. The maximum absolute atomic E-state index is 14.7. The Morgan fingerprint density at radius 3 is 2.35 bits per heavy atom. The van der Waals surface area contributed by atoms with Gasteiger partial charge in [0.15, 0.2) is 5.43 Å². The second-order valence-corrected chi connectivity index (χ2v) is 10.8. The van der Waals surface area contributed by atoms with Crippen molar-refractivity contribution in [3.8, 4) is 16.8 Å². The highest BCUT2D eigenvalue weighted by molar-refractivity contribution is 6.37. The van der Waals surface area contributed by atoms with Gasteiger partial charge in [-0.05, 0) is 30.0 Å². The smallest absolute Gasteiger partial charge is 0.263 e. The van der Waals surface area contributed by atoms with Crippen LogP contribution in [0, 0.1) is 0 Å². The second kappa shape index (κ2) is 10.7. The molecule has 3 aromatic carbocycles. The van der Waals surface area contributed by atoms with Crippen LogP contribution < -0.4 is 16.3 Å². The minimum atomic E-state index is -0.552. The third kappa shape index (κ3) is 4.43. The Morgan fingerprint density at radius 1 is 0.791 bits per heavy atom. The summed E-state index contributed by atoms with van der Waals surface area (Å²) in [4.78, 5) is 43.4. The highest BCUT2D eigenvalue weighted by Crippen LogP contribution is 2.39. The number of fused-ring (bicyclic) bond motifs is 3. The van der Waals surface area contributed by atoms with Crippen molar-refractivity contribution >= 4 is 61.6 Å². The van der Waals surface area contributed by atoms with E-state index in [9.17, 15) is 9.59 Å². The van der Waals surface area contributed by atoms with Crippen LogP contribution in [0.15, 0.2) is 107 Å². The Morgan fingerprint density at radius 2 is 1.53 bits per heavy atom. The minimum Gasteiger partial charge on any atom is -0.361 e. The van der Waals surface area contributed by atoms with E-state index in [1.165, 1.54) is 18.6 Å². The van der Waals surface area contributed by atoms with Crippen LogP contribution in [0.25, 0.3) is 49.4 Å².